The van der Waals surface area contributed by atoms with Gasteiger partial charge in [-0.3, -0.25) is 9.69 Å². The molecule has 2 aromatic rings. The number of halogens is 2. The number of hydrogen-bond donors (Lipinski definition) is 1. The summed E-state index contributed by atoms with van der Waals surface area (Å²) < 4.78 is 32.4. The molecule has 1 aliphatic rings. The van der Waals surface area contributed by atoms with E-state index in [0.29, 0.717) is 12.2 Å². The Bertz CT molecular complexity index is 823. The fraction of sp³-hybridized carbons (Fsp3) is 0.333. The van der Waals surface area contributed by atoms with Gasteiger partial charge in [0.05, 0.1) is 0 Å². The third-order valence-electron chi connectivity index (χ3n) is 3.86. The first-order chi connectivity index (χ1) is 11.3. The van der Waals surface area contributed by atoms with Crippen molar-refractivity contribution in [3.63, 3.8) is 0 Å². The average Bonchev–Trinajstić information content (AvgIpc) is 3.09. The molecule has 3 amide bonds. The number of rotatable bonds is 4. The number of hydrogen-bond acceptors (Lipinski definition) is 5. The number of benzene rings is 1. The average molecular weight is 336 g/mol. The second-order valence-electron chi connectivity index (χ2n) is 5.53. The van der Waals surface area contributed by atoms with Crippen molar-refractivity contribution in [2.45, 2.75) is 32.4 Å². The predicted molar refractivity (Wildman–Crippen MR) is 76.5 cm³/mol. The first-order valence-electron chi connectivity index (χ1n) is 7.26. The van der Waals surface area contributed by atoms with Crippen LogP contribution in [0, 0.1) is 11.6 Å². The third-order valence-corrected chi connectivity index (χ3v) is 3.86. The van der Waals surface area contributed by atoms with E-state index in [1.165, 1.54) is 6.92 Å². The minimum absolute atomic E-state index is 0.0827. The lowest BCUT2D eigenvalue weighted by Gasteiger charge is -2.22. The van der Waals surface area contributed by atoms with Gasteiger partial charge in [0.25, 0.3) is 5.91 Å². The van der Waals surface area contributed by atoms with E-state index in [-0.39, 0.29) is 18.0 Å². The van der Waals surface area contributed by atoms with Gasteiger partial charge in [-0.15, -0.1) is 0 Å². The number of aryl methyl sites for hydroxylation is 1. The Kier molecular flexibility index (Phi) is 3.78. The summed E-state index contributed by atoms with van der Waals surface area (Å²) in [5, 5.41) is 6.08. The molecule has 1 aromatic carbocycles. The third kappa shape index (κ3) is 2.51. The molecule has 1 atom stereocenters. The Hall–Kier alpha value is -2.84. The van der Waals surface area contributed by atoms with Crippen molar-refractivity contribution in [1.29, 1.82) is 0 Å². The highest BCUT2D eigenvalue weighted by molar-refractivity contribution is 6.07. The summed E-state index contributed by atoms with van der Waals surface area (Å²) >= 11 is 0. The number of urea groups is 1. The van der Waals surface area contributed by atoms with Crippen LogP contribution in [0.2, 0.25) is 0 Å². The summed E-state index contributed by atoms with van der Waals surface area (Å²) in [6.45, 7) is 2.90. The summed E-state index contributed by atoms with van der Waals surface area (Å²) in [4.78, 5) is 29.6. The van der Waals surface area contributed by atoms with Gasteiger partial charge in [0.2, 0.25) is 5.89 Å². The molecule has 0 aliphatic carbocycles. The van der Waals surface area contributed by atoms with Crippen LogP contribution in [0.4, 0.5) is 13.6 Å². The van der Waals surface area contributed by atoms with E-state index >= 15 is 0 Å². The van der Waals surface area contributed by atoms with Crippen LogP contribution in [-0.4, -0.2) is 27.0 Å². The van der Waals surface area contributed by atoms with Gasteiger partial charge in [0.15, 0.2) is 5.82 Å². The zero-order valence-corrected chi connectivity index (χ0v) is 13.0. The van der Waals surface area contributed by atoms with Gasteiger partial charge in [0.1, 0.15) is 23.7 Å². The molecule has 1 fully saturated rings. The molecule has 0 bridgehead atoms. The second-order valence-corrected chi connectivity index (χ2v) is 5.53. The highest BCUT2D eigenvalue weighted by Gasteiger charge is 2.50. The van der Waals surface area contributed by atoms with Crippen molar-refractivity contribution < 1.29 is 22.9 Å². The molecule has 24 heavy (non-hydrogen) atoms. The number of nitrogens with one attached hydrogen (secondary N) is 1. The predicted octanol–water partition coefficient (Wildman–Crippen LogP) is 1.88. The van der Waals surface area contributed by atoms with Gasteiger partial charge in [-0.25, -0.2) is 13.6 Å². The Balaban J connectivity index is 1.91. The van der Waals surface area contributed by atoms with Gasteiger partial charge in [-0.1, -0.05) is 12.1 Å². The molecule has 126 valence electrons. The first kappa shape index (κ1) is 16.0. The SMILES string of the molecule is CCc1noc(CN2C(=O)N[C@](C)(c3cc(F)ccc3F)C2=O)n1. The van der Waals surface area contributed by atoms with Crippen molar-refractivity contribution in [2.75, 3.05) is 0 Å². The molecular formula is C15H14F2N4O3. The van der Waals surface area contributed by atoms with E-state index < -0.39 is 29.1 Å². The number of amides is 3. The molecule has 1 aliphatic heterocycles. The fourth-order valence-corrected chi connectivity index (χ4v) is 2.54. The highest BCUT2D eigenvalue weighted by atomic mass is 19.1. The van der Waals surface area contributed by atoms with Crippen LogP contribution in [0.5, 0.6) is 0 Å². The molecule has 1 saturated heterocycles. The van der Waals surface area contributed by atoms with Gasteiger partial charge < -0.3 is 9.84 Å². The van der Waals surface area contributed by atoms with Crippen molar-refractivity contribution >= 4 is 11.9 Å². The molecule has 0 saturated carbocycles. The van der Waals surface area contributed by atoms with Gasteiger partial charge in [-0.05, 0) is 25.1 Å². The van der Waals surface area contributed by atoms with Gasteiger partial charge in [-0.2, -0.15) is 4.98 Å². The van der Waals surface area contributed by atoms with Crippen LogP contribution >= 0.6 is 0 Å². The lowest BCUT2D eigenvalue weighted by molar-refractivity contribution is -0.131. The van der Waals surface area contributed by atoms with Crippen LogP contribution < -0.4 is 5.32 Å². The monoisotopic (exact) mass is 336 g/mol. The van der Waals surface area contributed by atoms with Crippen LogP contribution in [-0.2, 0) is 23.3 Å². The number of nitrogens with zero attached hydrogens (tertiary/aromatic N) is 3. The minimum atomic E-state index is -1.71. The standard InChI is InChI=1S/C15H14F2N4O3/c1-3-11-18-12(24-20-11)7-21-13(22)15(2,19-14(21)23)9-6-8(16)4-5-10(9)17/h4-6H,3,7H2,1-2H3,(H,19,23)/t15-/m1/s1. The first-order valence-corrected chi connectivity index (χ1v) is 7.26. The van der Waals surface area contributed by atoms with Crippen molar-refractivity contribution in [1.82, 2.24) is 20.4 Å². The summed E-state index contributed by atoms with van der Waals surface area (Å²) in [5.74, 6) is -1.71. The molecule has 3 rings (SSSR count). The lowest BCUT2D eigenvalue weighted by Crippen LogP contribution is -2.41. The van der Waals surface area contributed by atoms with Crippen LogP contribution in [0.25, 0.3) is 0 Å². The van der Waals surface area contributed by atoms with Crippen molar-refractivity contribution in [3.05, 3.63) is 47.1 Å². The quantitative estimate of drug-likeness (QED) is 0.861. The van der Waals surface area contributed by atoms with E-state index in [0.717, 1.165) is 23.1 Å². The second kappa shape index (κ2) is 5.66. The summed E-state index contributed by atoms with van der Waals surface area (Å²) in [5.41, 5.74) is -1.96. The van der Waals surface area contributed by atoms with Gasteiger partial charge in [0, 0.05) is 12.0 Å². The lowest BCUT2D eigenvalue weighted by atomic mass is 9.91. The molecule has 0 unspecified atom stereocenters. The topological polar surface area (TPSA) is 88.3 Å². The molecule has 1 aromatic heterocycles. The zero-order valence-electron chi connectivity index (χ0n) is 13.0. The fourth-order valence-electron chi connectivity index (χ4n) is 2.54. The largest absolute Gasteiger partial charge is 0.337 e. The Morgan fingerprint density at radius 2 is 2.08 bits per heavy atom. The molecule has 2 heterocycles. The maximum Gasteiger partial charge on any atom is 0.325 e. The van der Waals surface area contributed by atoms with Crippen molar-refractivity contribution in [3.8, 4) is 0 Å². The zero-order chi connectivity index (χ0) is 17.5. The number of carbonyl (C=O) groups excluding carboxylic acids is 2. The Labute approximate surface area is 135 Å². The van der Waals surface area contributed by atoms with Gasteiger partial charge >= 0.3 is 6.03 Å². The number of aromatic nitrogens is 2. The van der Waals surface area contributed by atoms with E-state index in [1.54, 1.807) is 0 Å². The highest BCUT2D eigenvalue weighted by Crippen LogP contribution is 2.31. The smallest absolute Gasteiger partial charge is 0.325 e. The summed E-state index contributed by atoms with van der Waals surface area (Å²) in [6.07, 6.45) is 0.538. The van der Waals surface area contributed by atoms with E-state index in [1.807, 2.05) is 6.92 Å². The van der Waals surface area contributed by atoms with E-state index in [2.05, 4.69) is 15.5 Å². The molecule has 7 nitrogen and oxygen atoms in total. The normalized spacial score (nSPS) is 20.6. The number of carbonyl (C=O) groups is 2. The van der Waals surface area contributed by atoms with Crippen LogP contribution in [0.1, 0.15) is 31.1 Å². The van der Waals surface area contributed by atoms with E-state index in [4.69, 9.17) is 4.52 Å². The maximum atomic E-state index is 14.0. The molecule has 0 spiro atoms. The number of imide groups is 1. The molecule has 1 N–H and O–H groups in total. The van der Waals surface area contributed by atoms with E-state index in [9.17, 15) is 18.4 Å². The van der Waals surface area contributed by atoms with Crippen LogP contribution in [0.3, 0.4) is 0 Å². The summed E-state index contributed by atoms with van der Waals surface area (Å²) in [6, 6.07) is 1.98. The Morgan fingerprint density at radius 1 is 1.33 bits per heavy atom. The molecule has 9 heteroatoms. The molecular weight excluding hydrogens is 322 g/mol. The summed E-state index contributed by atoms with van der Waals surface area (Å²) in [7, 11) is 0. The van der Waals surface area contributed by atoms with Crippen LogP contribution in [0.15, 0.2) is 22.7 Å². The minimum Gasteiger partial charge on any atom is -0.337 e. The maximum absolute atomic E-state index is 14.0. The molecule has 0 radical (unpaired) electrons. The van der Waals surface area contributed by atoms with Crippen molar-refractivity contribution in [2.24, 2.45) is 0 Å². The Morgan fingerprint density at radius 3 is 2.75 bits per heavy atom.